The van der Waals surface area contributed by atoms with Crippen LogP contribution in [-0.2, 0) is 6.42 Å². The van der Waals surface area contributed by atoms with E-state index in [1.54, 1.807) is 0 Å². The number of fused-ring (bicyclic) bond motifs is 3. The van der Waals surface area contributed by atoms with Gasteiger partial charge in [0.2, 0.25) is 0 Å². The van der Waals surface area contributed by atoms with Gasteiger partial charge in [0.1, 0.15) is 0 Å². The van der Waals surface area contributed by atoms with Crippen molar-refractivity contribution in [3.63, 3.8) is 0 Å². The van der Waals surface area contributed by atoms with Gasteiger partial charge in [0.15, 0.2) is 0 Å². The lowest BCUT2D eigenvalue weighted by Gasteiger charge is -2.15. The first-order valence-corrected chi connectivity index (χ1v) is 8.60. The molecule has 4 rings (SSSR count). The summed E-state index contributed by atoms with van der Waals surface area (Å²) in [5, 5.41) is 2.33. The van der Waals surface area contributed by atoms with Gasteiger partial charge in [-0.05, 0) is 41.2 Å². The van der Waals surface area contributed by atoms with Gasteiger partial charge in [-0.25, -0.2) is 0 Å². The van der Waals surface area contributed by atoms with Crippen molar-refractivity contribution >= 4 is 27.9 Å². The Bertz CT molecular complexity index is 1070. The van der Waals surface area contributed by atoms with Gasteiger partial charge in [-0.2, -0.15) is 0 Å². The van der Waals surface area contributed by atoms with Crippen molar-refractivity contribution in [1.82, 2.24) is 9.97 Å². The highest BCUT2D eigenvalue weighted by molar-refractivity contribution is 6.03. The molecule has 2 aromatic heterocycles. The summed E-state index contributed by atoms with van der Waals surface area (Å²) in [7, 11) is 0. The minimum absolute atomic E-state index is 0.395. The number of hydrogen-bond acceptors (Lipinski definition) is 2. The molecule has 0 aliphatic heterocycles. The van der Waals surface area contributed by atoms with Crippen molar-refractivity contribution in [1.29, 1.82) is 0 Å². The third-order valence-electron chi connectivity index (χ3n) is 4.78. The highest BCUT2D eigenvalue weighted by atomic mass is 14.7. The molecular weight excluding hydrogens is 304 g/mol. The molecule has 0 N–H and O–H groups in total. The van der Waals surface area contributed by atoms with Gasteiger partial charge in [-0.3, -0.25) is 9.97 Å². The molecule has 0 spiro atoms. The quantitative estimate of drug-likeness (QED) is 0.445. The van der Waals surface area contributed by atoms with Crippen LogP contribution < -0.4 is 0 Å². The van der Waals surface area contributed by atoms with Gasteiger partial charge >= 0.3 is 0 Å². The molecule has 2 heterocycles. The summed E-state index contributed by atoms with van der Waals surface area (Å²) in [6, 6.07) is 19.1. The molecule has 0 saturated carbocycles. The number of hydrogen-bond donors (Lipinski definition) is 0. The van der Waals surface area contributed by atoms with Crippen LogP contribution in [0, 0.1) is 0 Å². The number of benzene rings is 2. The van der Waals surface area contributed by atoms with Crippen LogP contribution in [-0.4, -0.2) is 9.97 Å². The Morgan fingerprint density at radius 2 is 1.84 bits per heavy atom. The Labute approximate surface area is 147 Å². The van der Waals surface area contributed by atoms with E-state index in [1.165, 1.54) is 22.1 Å². The Morgan fingerprint density at radius 3 is 2.72 bits per heavy atom. The maximum atomic E-state index is 4.61. The van der Waals surface area contributed by atoms with Crippen LogP contribution in [0.3, 0.4) is 0 Å². The molecule has 1 atom stereocenters. The SMILES string of the molecule is C=Cc1cccc(CC(C)c2ccnc3c2ccc2cccnc23)c1. The van der Waals surface area contributed by atoms with Gasteiger partial charge in [0, 0.05) is 23.2 Å². The van der Waals surface area contributed by atoms with Crippen LogP contribution >= 0.6 is 0 Å². The highest BCUT2D eigenvalue weighted by Gasteiger charge is 2.13. The molecule has 0 aliphatic carbocycles. The molecular formula is C23H20N2. The van der Waals surface area contributed by atoms with Gasteiger partial charge < -0.3 is 0 Å². The van der Waals surface area contributed by atoms with E-state index in [-0.39, 0.29) is 0 Å². The van der Waals surface area contributed by atoms with Crippen molar-refractivity contribution in [3.05, 3.63) is 90.3 Å². The Balaban J connectivity index is 1.77. The molecule has 0 fully saturated rings. The third kappa shape index (κ3) is 2.91. The van der Waals surface area contributed by atoms with Gasteiger partial charge in [-0.1, -0.05) is 62.0 Å². The molecule has 0 radical (unpaired) electrons. The molecule has 2 nitrogen and oxygen atoms in total. The van der Waals surface area contributed by atoms with Crippen LogP contribution in [0.15, 0.2) is 73.6 Å². The van der Waals surface area contributed by atoms with Crippen molar-refractivity contribution < 1.29 is 0 Å². The molecule has 122 valence electrons. The predicted octanol–water partition coefficient (Wildman–Crippen LogP) is 5.77. The Morgan fingerprint density at radius 1 is 0.960 bits per heavy atom. The predicted molar refractivity (Wildman–Crippen MR) is 106 cm³/mol. The second-order valence-corrected chi connectivity index (χ2v) is 6.49. The van der Waals surface area contributed by atoms with Crippen LogP contribution in [0.25, 0.3) is 27.9 Å². The maximum Gasteiger partial charge on any atom is 0.0967 e. The number of aromatic nitrogens is 2. The molecule has 4 aromatic rings. The lowest BCUT2D eigenvalue weighted by Crippen LogP contribution is -2.01. The molecule has 25 heavy (non-hydrogen) atoms. The number of pyridine rings is 2. The second kappa shape index (κ2) is 6.48. The summed E-state index contributed by atoms with van der Waals surface area (Å²) in [5.41, 5.74) is 5.78. The summed E-state index contributed by atoms with van der Waals surface area (Å²) in [4.78, 5) is 9.15. The molecule has 2 heteroatoms. The second-order valence-electron chi connectivity index (χ2n) is 6.49. The van der Waals surface area contributed by atoms with E-state index in [2.05, 4.69) is 72.0 Å². The topological polar surface area (TPSA) is 25.8 Å². The molecule has 0 amide bonds. The highest BCUT2D eigenvalue weighted by Crippen LogP contribution is 2.30. The standard InChI is InChI=1S/C23H20N2/c1-3-17-6-4-7-18(15-17)14-16(2)20-11-13-25-23-21(20)10-9-19-8-5-12-24-22(19)23/h3-13,15-16H,1,14H2,2H3. The van der Waals surface area contributed by atoms with E-state index >= 15 is 0 Å². The minimum Gasteiger partial charge on any atom is -0.254 e. The zero-order chi connectivity index (χ0) is 17.2. The van der Waals surface area contributed by atoms with Crippen LogP contribution in [0.1, 0.15) is 29.5 Å². The average molecular weight is 324 g/mol. The molecule has 0 bridgehead atoms. The molecule has 1 unspecified atom stereocenters. The van der Waals surface area contributed by atoms with Gasteiger partial charge in [0.05, 0.1) is 11.0 Å². The number of nitrogens with zero attached hydrogens (tertiary/aromatic N) is 2. The lowest BCUT2D eigenvalue weighted by molar-refractivity contribution is 0.765. The fraction of sp³-hybridized carbons (Fsp3) is 0.130. The zero-order valence-electron chi connectivity index (χ0n) is 14.3. The van der Waals surface area contributed by atoms with Crippen LogP contribution in [0.5, 0.6) is 0 Å². The molecule has 0 aliphatic rings. The van der Waals surface area contributed by atoms with Crippen LogP contribution in [0.2, 0.25) is 0 Å². The van der Waals surface area contributed by atoms with Crippen LogP contribution in [0.4, 0.5) is 0 Å². The first kappa shape index (κ1) is 15.5. The zero-order valence-corrected chi connectivity index (χ0v) is 14.3. The summed E-state index contributed by atoms with van der Waals surface area (Å²) in [6.45, 7) is 6.14. The summed E-state index contributed by atoms with van der Waals surface area (Å²) in [6.07, 6.45) is 6.62. The van der Waals surface area contributed by atoms with Crippen molar-refractivity contribution in [2.75, 3.05) is 0 Å². The third-order valence-corrected chi connectivity index (χ3v) is 4.78. The monoisotopic (exact) mass is 324 g/mol. The fourth-order valence-corrected chi connectivity index (χ4v) is 3.52. The van der Waals surface area contributed by atoms with E-state index in [0.717, 1.165) is 22.8 Å². The molecule has 2 aromatic carbocycles. The van der Waals surface area contributed by atoms with E-state index in [9.17, 15) is 0 Å². The first-order valence-electron chi connectivity index (χ1n) is 8.60. The van der Waals surface area contributed by atoms with Crippen molar-refractivity contribution in [3.8, 4) is 0 Å². The summed E-state index contributed by atoms with van der Waals surface area (Å²) >= 11 is 0. The largest absolute Gasteiger partial charge is 0.254 e. The van der Waals surface area contributed by atoms with E-state index in [1.807, 2.05) is 24.5 Å². The molecule has 0 saturated heterocycles. The normalized spacial score (nSPS) is 12.4. The van der Waals surface area contributed by atoms with E-state index < -0.39 is 0 Å². The smallest absolute Gasteiger partial charge is 0.0967 e. The summed E-state index contributed by atoms with van der Waals surface area (Å²) < 4.78 is 0. The lowest BCUT2D eigenvalue weighted by atomic mass is 9.90. The maximum absolute atomic E-state index is 4.61. The van der Waals surface area contributed by atoms with E-state index in [0.29, 0.717) is 5.92 Å². The van der Waals surface area contributed by atoms with Crippen molar-refractivity contribution in [2.45, 2.75) is 19.3 Å². The number of rotatable bonds is 4. The first-order chi connectivity index (χ1) is 12.3. The Hall–Kier alpha value is -3.00. The minimum atomic E-state index is 0.395. The summed E-state index contributed by atoms with van der Waals surface area (Å²) in [5.74, 6) is 0.395. The Kier molecular flexibility index (Phi) is 4.02. The fourth-order valence-electron chi connectivity index (χ4n) is 3.52. The average Bonchev–Trinajstić information content (AvgIpc) is 2.67. The van der Waals surface area contributed by atoms with Crippen molar-refractivity contribution in [2.24, 2.45) is 0 Å². The van der Waals surface area contributed by atoms with Gasteiger partial charge in [0.25, 0.3) is 0 Å². The van der Waals surface area contributed by atoms with E-state index in [4.69, 9.17) is 0 Å². The van der Waals surface area contributed by atoms with Gasteiger partial charge in [-0.15, -0.1) is 0 Å².